The summed E-state index contributed by atoms with van der Waals surface area (Å²) in [5, 5.41) is 0. The van der Waals surface area contributed by atoms with Crippen LogP contribution in [0.2, 0.25) is 0 Å². The summed E-state index contributed by atoms with van der Waals surface area (Å²) in [6, 6.07) is 1.03. The Hall–Kier alpha value is -1.65. The lowest BCUT2D eigenvalue weighted by atomic mass is 10.6. The zero-order chi connectivity index (χ0) is 8.43. The predicted molar refractivity (Wildman–Crippen MR) is 37.8 cm³/mol. The van der Waals surface area contributed by atoms with Crippen molar-refractivity contribution >= 4 is 5.95 Å². The van der Waals surface area contributed by atoms with E-state index in [-0.39, 0.29) is 0 Å². The topological polar surface area (TPSA) is 54.9 Å². The van der Waals surface area contributed by atoms with Gasteiger partial charge in [0.2, 0.25) is 0 Å². The number of hydrogen-bond acceptors (Lipinski definition) is 2. The molecule has 0 spiro atoms. The molecule has 0 saturated carbocycles. The molecule has 1 heterocycles. The molecule has 0 aliphatic carbocycles. The van der Waals surface area contributed by atoms with E-state index in [0.717, 1.165) is 12.3 Å². The number of hydrogen-bond donors (Lipinski definition) is 1. The molecule has 1 aromatic heterocycles. The highest BCUT2D eigenvalue weighted by Gasteiger charge is 1.97. The van der Waals surface area contributed by atoms with Crippen LogP contribution in [0.15, 0.2) is 28.4 Å². The molecular weight excluding hydrogens is 151 g/mol. The van der Waals surface area contributed by atoms with Crippen LogP contribution in [-0.4, -0.2) is 9.55 Å². The summed E-state index contributed by atoms with van der Waals surface area (Å²) >= 11 is 0. The Morgan fingerprint density at radius 3 is 2.73 bits per heavy atom. The lowest BCUT2D eigenvalue weighted by Crippen LogP contribution is -2.26. The molecule has 4 nitrogen and oxygen atoms in total. The number of rotatable bonds is 1. The average molecular weight is 156 g/mol. The first kappa shape index (κ1) is 7.46. The number of H-pyrrole nitrogens is 1. The summed E-state index contributed by atoms with van der Waals surface area (Å²) in [7, 11) is 0. The van der Waals surface area contributed by atoms with Crippen molar-refractivity contribution in [3.05, 3.63) is 39.7 Å². The minimum atomic E-state index is -0.925. The van der Waals surface area contributed by atoms with E-state index in [1.54, 1.807) is 0 Å². The van der Waals surface area contributed by atoms with Gasteiger partial charge in [0.05, 0.1) is 0 Å². The third kappa shape index (κ3) is 1.43. The van der Waals surface area contributed by atoms with E-state index in [9.17, 15) is 14.0 Å². The average Bonchev–Trinajstić information content (AvgIpc) is 1.85. The second-order valence-corrected chi connectivity index (χ2v) is 1.86. The molecule has 0 aliphatic rings. The maximum absolute atomic E-state index is 12.3. The number of nitrogens with zero attached hydrogens (tertiary/aromatic N) is 1. The van der Waals surface area contributed by atoms with Crippen LogP contribution in [0.3, 0.4) is 0 Å². The normalized spacial score (nSPS) is 9.55. The van der Waals surface area contributed by atoms with Gasteiger partial charge in [0.1, 0.15) is 0 Å². The first-order chi connectivity index (χ1) is 5.11. The van der Waals surface area contributed by atoms with Gasteiger partial charge in [-0.2, -0.15) is 4.39 Å². The van der Waals surface area contributed by atoms with Crippen LogP contribution in [0.4, 0.5) is 4.39 Å². The summed E-state index contributed by atoms with van der Waals surface area (Å²) in [6.07, 6.45) is 1.02. The zero-order valence-corrected chi connectivity index (χ0v) is 5.50. The predicted octanol–water partition coefficient (Wildman–Crippen LogP) is -0.0657. The minimum absolute atomic E-state index is 0.562. The molecule has 0 fully saturated rings. The summed E-state index contributed by atoms with van der Waals surface area (Å²) < 4.78 is 12.9. The zero-order valence-electron chi connectivity index (χ0n) is 5.50. The van der Waals surface area contributed by atoms with Gasteiger partial charge in [0.15, 0.2) is 5.95 Å². The van der Waals surface area contributed by atoms with Crippen molar-refractivity contribution < 1.29 is 4.39 Å². The third-order valence-corrected chi connectivity index (χ3v) is 1.09. The van der Waals surface area contributed by atoms with Gasteiger partial charge < -0.3 is 0 Å². The monoisotopic (exact) mass is 156 g/mol. The summed E-state index contributed by atoms with van der Waals surface area (Å²) in [4.78, 5) is 23.0. The molecule has 1 aromatic rings. The lowest BCUT2D eigenvalue weighted by molar-refractivity contribution is 0.669. The van der Waals surface area contributed by atoms with Gasteiger partial charge in [0.25, 0.3) is 5.56 Å². The van der Waals surface area contributed by atoms with E-state index in [1.165, 1.54) is 0 Å². The molecular formula is C6H5FN2O2. The molecule has 0 aliphatic heterocycles. The van der Waals surface area contributed by atoms with Crippen molar-refractivity contribution in [1.29, 1.82) is 0 Å². The molecule has 5 heteroatoms. The van der Waals surface area contributed by atoms with Crippen molar-refractivity contribution in [2.75, 3.05) is 0 Å². The summed E-state index contributed by atoms with van der Waals surface area (Å²) in [6.45, 7) is 2.89. The van der Waals surface area contributed by atoms with Crippen LogP contribution in [-0.2, 0) is 0 Å². The van der Waals surface area contributed by atoms with Gasteiger partial charge in [-0.05, 0) is 6.58 Å². The molecule has 0 aromatic carbocycles. The van der Waals surface area contributed by atoms with Gasteiger partial charge in [-0.25, -0.2) is 9.36 Å². The first-order valence-corrected chi connectivity index (χ1v) is 2.78. The highest BCUT2D eigenvalue weighted by atomic mass is 19.1. The van der Waals surface area contributed by atoms with E-state index < -0.39 is 17.2 Å². The molecule has 1 rings (SSSR count). The molecule has 0 amide bonds. The Kier molecular flexibility index (Phi) is 1.72. The van der Waals surface area contributed by atoms with Crippen LogP contribution in [0, 0.1) is 0 Å². The smallest absolute Gasteiger partial charge is 0.274 e. The number of aromatic nitrogens is 2. The number of halogens is 1. The lowest BCUT2D eigenvalue weighted by Gasteiger charge is -1.96. The third-order valence-electron chi connectivity index (χ3n) is 1.09. The Morgan fingerprint density at radius 1 is 1.64 bits per heavy atom. The maximum Gasteiger partial charge on any atom is 0.334 e. The van der Waals surface area contributed by atoms with Gasteiger partial charge >= 0.3 is 5.69 Å². The van der Waals surface area contributed by atoms with E-state index in [1.807, 2.05) is 4.98 Å². The molecule has 0 unspecified atom stereocenters. The van der Waals surface area contributed by atoms with E-state index >= 15 is 0 Å². The molecule has 0 atom stereocenters. The summed E-state index contributed by atoms with van der Waals surface area (Å²) in [5.41, 5.74) is -1.39. The Labute approximate surface area is 60.6 Å². The van der Waals surface area contributed by atoms with Crippen LogP contribution >= 0.6 is 0 Å². The van der Waals surface area contributed by atoms with Crippen LogP contribution in [0.25, 0.3) is 5.95 Å². The second kappa shape index (κ2) is 2.53. The highest BCUT2D eigenvalue weighted by molar-refractivity contribution is 5.28. The minimum Gasteiger partial charge on any atom is -0.274 e. The van der Waals surface area contributed by atoms with Gasteiger partial charge in [-0.3, -0.25) is 9.78 Å². The standard InChI is InChI=1S/C6H5FN2O2/c1-4(7)9-3-2-5(10)8-6(9)11/h2-3H,1H2,(H,8,10,11). The van der Waals surface area contributed by atoms with E-state index in [0.29, 0.717) is 4.57 Å². The molecule has 0 saturated heterocycles. The molecule has 1 N–H and O–H groups in total. The fourth-order valence-electron chi connectivity index (χ4n) is 0.608. The van der Waals surface area contributed by atoms with Gasteiger partial charge in [0, 0.05) is 12.3 Å². The SMILES string of the molecule is C=C(F)n1ccc(=O)[nH]c1=O. The quantitative estimate of drug-likeness (QED) is 0.619. The molecule has 58 valence electrons. The maximum atomic E-state index is 12.3. The van der Waals surface area contributed by atoms with Crippen molar-refractivity contribution in [2.24, 2.45) is 0 Å². The fraction of sp³-hybridized carbons (Fsp3) is 0. The largest absolute Gasteiger partial charge is 0.334 e. The van der Waals surface area contributed by atoms with Gasteiger partial charge in [-0.15, -0.1) is 0 Å². The second-order valence-electron chi connectivity index (χ2n) is 1.86. The molecule has 11 heavy (non-hydrogen) atoms. The first-order valence-electron chi connectivity index (χ1n) is 2.78. The Morgan fingerprint density at radius 2 is 2.27 bits per heavy atom. The van der Waals surface area contributed by atoms with E-state index in [2.05, 4.69) is 6.58 Å². The fourth-order valence-corrected chi connectivity index (χ4v) is 0.608. The van der Waals surface area contributed by atoms with Crippen molar-refractivity contribution in [3.63, 3.8) is 0 Å². The van der Waals surface area contributed by atoms with Crippen LogP contribution in [0.1, 0.15) is 0 Å². The Balaban J connectivity index is 3.43. The summed E-state index contributed by atoms with van der Waals surface area (Å²) in [5.74, 6) is -0.925. The Bertz CT molecular complexity index is 390. The number of aromatic amines is 1. The van der Waals surface area contributed by atoms with Crippen LogP contribution in [0.5, 0.6) is 0 Å². The van der Waals surface area contributed by atoms with E-state index in [4.69, 9.17) is 0 Å². The highest BCUT2D eigenvalue weighted by Crippen LogP contribution is 1.93. The van der Waals surface area contributed by atoms with Crippen molar-refractivity contribution in [3.8, 4) is 0 Å². The van der Waals surface area contributed by atoms with Crippen molar-refractivity contribution in [1.82, 2.24) is 9.55 Å². The number of nitrogens with one attached hydrogen (secondary N) is 1. The van der Waals surface area contributed by atoms with Gasteiger partial charge in [-0.1, -0.05) is 0 Å². The van der Waals surface area contributed by atoms with Crippen molar-refractivity contribution in [2.45, 2.75) is 0 Å². The molecule has 0 bridgehead atoms. The molecule has 0 radical (unpaired) electrons. The van der Waals surface area contributed by atoms with Crippen LogP contribution < -0.4 is 11.2 Å².